The van der Waals surface area contributed by atoms with E-state index in [9.17, 15) is 14.4 Å². The molecule has 0 radical (unpaired) electrons. The zero-order valence-electron chi connectivity index (χ0n) is 11.3. The normalized spacial score (nSPS) is 26.1. The number of nitrogens with zero attached hydrogens (tertiary/aromatic N) is 1. The van der Waals surface area contributed by atoms with E-state index in [1.54, 1.807) is 11.8 Å². The van der Waals surface area contributed by atoms with Crippen molar-refractivity contribution in [3.8, 4) is 0 Å². The maximum atomic E-state index is 12.1. The molecule has 0 bridgehead atoms. The van der Waals surface area contributed by atoms with Crippen molar-refractivity contribution in [1.82, 2.24) is 10.2 Å². The quantitative estimate of drug-likeness (QED) is 0.754. The van der Waals surface area contributed by atoms with Crippen LogP contribution < -0.4 is 5.32 Å². The Balaban J connectivity index is 1.97. The predicted octanol–water partition coefficient (Wildman–Crippen LogP) is 0.367. The fraction of sp³-hybridized carbons (Fsp3) is 0.769. The van der Waals surface area contributed by atoms with Crippen LogP contribution in [0.5, 0.6) is 0 Å². The monoisotopic (exact) mass is 268 g/mol. The van der Waals surface area contributed by atoms with Crippen LogP contribution in [0, 0.1) is 5.92 Å². The predicted molar refractivity (Wildman–Crippen MR) is 67.3 cm³/mol. The van der Waals surface area contributed by atoms with Crippen LogP contribution in [-0.2, 0) is 14.4 Å². The number of carbonyl (C=O) groups is 3. The molecule has 2 fully saturated rings. The number of carbonyl (C=O) groups excluding carboxylic acids is 2. The number of likely N-dealkylation sites (tertiary alicyclic amines) is 1. The van der Waals surface area contributed by atoms with Crippen molar-refractivity contribution >= 4 is 17.8 Å². The molecule has 1 aliphatic carbocycles. The molecule has 2 unspecified atom stereocenters. The van der Waals surface area contributed by atoms with Crippen LogP contribution in [0.25, 0.3) is 0 Å². The van der Waals surface area contributed by atoms with E-state index in [0.29, 0.717) is 19.0 Å². The number of amides is 2. The standard InChI is InChI=1S/C13H20N2O4/c1-3-13(2,12(18)19)14-11(17)8-6-10(16)15(7-8)9-4-5-9/h8-9H,3-7H2,1-2H3,(H,14,17)(H,18,19). The second-order valence-electron chi connectivity index (χ2n) is 5.66. The van der Waals surface area contributed by atoms with Gasteiger partial charge in [-0.3, -0.25) is 9.59 Å². The van der Waals surface area contributed by atoms with Gasteiger partial charge in [0.05, 0.1) is 5.92 Å². The first-order valence-corrected chi connectivity index (χ1v) is 6.72. The SMILES string of the molecule is CCC(C)(NC(=O)C1CC(=O)N(C2CC2)C1)C(=O)O. The Morgan fingerprint density at radius 1 is 1.47 bits per heavy atom. The second kappa shape index (κ2) is 4.83. The molecule has 0 aromatic carbocycles. The van der Waals surface area contributed by atoms with Crippen molar-refractivity contribution in [2.24, 2.45) is 5.92 Å². The molecule has 0 spiro atoms. The third kappa shape index (κ3) is 2.72. The number of nitrogens with one attached hydrogen (secondary N) is 1. The molecular weight excluding hydrogens is 248 g/mol. The van der Waals surface area contributed by atoms with E-state index in [1.807, 2.05) is 0 Å². The molecule has 1 heterocycles. The Labute approximate surface area is 112 Å². The smallest absolute Gasteiger partial charge is 0.329 e. The van der Waals surface area contributed by atoms with Gasteiger partial charge in [0.2, 0.25) is 11.8 Å². The lowest BCUT2D eigenvalue weighted by Gasteiger charge is -2.26. The molecule has 0 aromatic heterocycles. The number of rotatable bonds is 5. The van der Waals surface area contributed by atoms with Gasteiger partial charge in [0.15, 0.2) is 0 Å². The van der Waals surface area contributed by atoms with Gasteiger partial charge in [-0.05, 0) is 26.2 Å². The summed E-state index contributed by atoms with van der Waals surface area (Å²) in [6.45, 7) is 3.63. The van der Waals surface area contributed by atoms with E-state index in [4.69, 9.17) is 5.11 Å². The highest BCUT2D eigenvalue weighted by atomic mass is 16.4. The second-order valence-corrected chi connectivity index (χ2v) is 5.66. The van der Waals surface area contributed by atoms with Crippen molar-refractivity contribution in [3.63, 3.8) is 0 Å². The average molecular weight is 268 g/mol. The fourth-order valence-corrected chi connectivity index (χ4v) is 2.31. The maximum absolute atomic E-state index is 12.1. The van der Waals surface area contributed by atoms with E-state index in [2.05, 4.69) is 5.32 Å². The summed E-state index contributed by atoms with van der Waals surface area (Å²) in [6, 6.07) is 0.308. The molecule has 1 saturated carbocycles. The molecule has 19 heavy (non-hydrogen) atoms. The van der Waals surface area contributed by atoms with Gasteiger partial charge in [0.1, 0.15) is 5.54 Å². The molecule has 2 atom stereocenters. The van der Waals surface area contributed by atoms with Gasteiger partial charge >= 0.3 is 5.97 Å². The average Bonchev–Trinajstić information content (AvgIpc) is 3.12. The number of hydrogen-bond acceptors (Lipinski definition) is 3. The van der Waals surface area contributed by atoms with E-state index in [0.717, 1.165) is 12.8 Å². The molecular formula is C13H20N2O4. The summed E-state index contributed by atoms with van der Waals surface area (Å²) in [5, 5.41) is 11.7. The van der Waals surface area contributed by atoms with Crippen molar-refractivity contribution in [1.29, 1.82) is 0 Å². The lowest BCUT2D eigenvalue weighted by atomic mass is 9.97. The zero-order chi connectivity index (χ0) is 14.2. The number of carboxylic acids is 1. The van der Waals surface area contributed by atoms with Gasteiger partial charge in [-0.15, -0.1) is 0 Å². The van der Waals surface area contributed by atoms with Crippen LogP contribution in [0.1, 0.15) is 39.5 Å². The Morgan fingerprint density at radius 2 is 2.11 bits per heavy atom. The molecule has 6 heteroatoms. The van der Waals surface area contributed by atoms with Gasteiger partial charge in [-0.1, -0.05) is 6.92 Å². The van der Waals surface area contributed by atoms with Crippen LogP contribution in [0.15, 0.2) is 0 Å². The summed E-state index contributed by atoms with van der Waals surface area (Å²) in [5.41, 5.74) is -1.26. The third-order valence-corrected chi connectivity index (χ3v) is 4.10. The van der Waals surface area contributed by atoms with E-state index in [-0.39, 0.29) is 18.2 Å². The van der Waals surface area contributed by atoms with Gasteiger partial charge in [-0.25, -0.2) is 4.79 Å². The maximum Gasteiger partial charge on any atom is 0.329 e. The third-order valence-electron chi connectivity index (χ3n) is 4.10. The van der Waals surface area contributed by atoms with Gasteiger partial charge in [0.25, 0.3) is 0 Å². The molecule has 1 saturated heterocycles. The topological polar surface area (TPSA) is 86.7 Å². The Kier molecular flexibility index (Phi) is 3.52. The lowest BCUT2D eigenvalue weighted by molar-refractivity contribution is -0.147. The first kappa shape index (κ1) is 13.8. The van der Waals surface area contributed by atoms with E-state index in [1.165, 1.54) is 6.92 Å². The van der Waals surface area contributed by atoms with Gasteiger partial charge < -0.3 is 15.3 Å². The molecule has 0 aromatic rings. The minimum absolute atomic E-state index is 0.0103. The summed E-state index contributed by atoms with van der Waals surface area (Å²) in [5.74, 6) is -1.79. The summed E-state index contributed by atoms with van der Waals surface area (Å²) in [4.78, 5) is 36.8. The number of aliphatic carboxylic acids is 1. The fourth-order valence-electron chi connectivity index (χ4n) is 2.31. The Bertz CT molecular complexity index is 419. The minimum Gasteiger partial charge on any atom is -0.480 e. The van der Waals surface area contributed by atoms with E-state index >= 15 is 0 Å². The largest absolute Gasteiger partial charge is 0.480 e. The number of carboxylic acid groups (broad SMARTS) is 1. The lowest BCUT2D eigenvalue weighted by Crippen LogP contribution is -2.53. The van der Waals surface area contributed by atoms with Crippen LogP contribution in [-0.4, -0.2) is 45.9 Å². The number of hydrogen-bond donors (Lipinski definition) is 2. The minimum atomic E-state index is -1.26. The highest BCUT2D eigenvalue weighted by Gasteiger charge is 2.43. The van der Waals surface area contributed by atoms with Crippen molar-refractivity contribution < 1.29 is 19.5 Å². The van der Waals surface area contributed by atoms with Crippen LogP contribution in [0.4, 0.5) is 0 Å². The zero-order valence-corrected chi connectivity index (χ0v) is 11.3. The molecule has 2 rings (SSSR count). The first-order valence-electron chi connectivity index (χ1n) is 6.72. The Morgan fingerprint density at radius 3 is 2.58 bits per heavy atom. The van der Waals surface area contributed by atoms with E-state index < -0.39 is 17.4 Å². The molecule has 6 nitrogen and oxygen atoms in total. The van der Waals surface area contributed by atoms with Crippen LogP contribution in [0.2, 0.25) is 0 Å². The molecule has 2 aliphatic rings. The van der Waals surface area contributed by atoms with Crippen molar-refractivity contribution in [3.05, 3.63) is 0 Å². The highest BCUT2D eigenvalue weighted by Crippen LogP contribution is 2.32. The van der Waals surface area contributed by atoms with Crippen molar-refractivity contribution in [2.45, 2.75) is 51.1 Å². The van der Waals surface area contributed by atoms with Gasteiger partial charge in [0, 0.05) is 19.0 Å². The van der Waals surface area contributed by atoms with Crippen molar-refractivity contribution in [2.75, 3.05) is 6.54 Å². The van der Waals surface area contributed by atoms with Crippen LogP contribution in [0.3, 0.4) is 0 Å². The molecule has 2 N–H and O–H groups in total. The first-order chi connectivity index (χ1) is 8.87. The summed E-state index contributed by atoms with van der Waals surface area (Å²) in [6.07, 6.45) is 2.53. The summed E-state index contributed by atoms with van der Waals surface area (Å²) >= 11 is 0. The highest BCUT2D eigenvalue weighted by molar-refractivity contribution is 5.92. The summed E-state index contributed by atoms with van der Waals surface area (Å²) in [7, 11) is 0. The van der Waals surface area contributed by atoms with Gasteiger partial charge in [-0.2, -0.15) is 0 Å². The molecule has 1 aliphatic heterocycles. The molecule has 2 amide bonds. The summed E-state index contributed by atoms with van der Waals surface area (Å²) < 4.78 is 0. The van der Waals surface area contributed by atoms with Crippen LogP contribution >= 0.6 is 0 Å². The molecule has 106 valence electrons. The Hall–Kier alpha value is -1.59.